The van der Waals surface area contributed by atoms with E-state index in [-0.39, 0.29) is 30.1 Å². The number of amides is 1. The van der Waals surface area contributed by atoms with Crippen LogP contribution in [0.5, 0.6) is 0 Å². The number of hydrogen-bond donors (Lipinski definition) is 4. The van der Waals surface area contributed by atoms with Gasteiger partial charge in [-0.1, -0.05) is 80.1 Å². The maximum absolute atomic E-state index is 13.3. The minimum Gasteiger partial charge on any atom is -0.390 e. The fourth-order valence-electron chi connectivity index (χ4n) is 5.42. The molecule has 0 unspecified atom stereocenters. The van der Waals surface area contributed by atoms with Gasteiger partial charge in [0.25, 0.3) is 5.91 Å². The number of rotatable bonds is 13. The third-order valence-electron chi connectivity index (χ3n) is 7.79. The normalized spacial score (nSPS) is 15.9. The largest absolute Gasteiger partial charge is 0.416 e. The van der Waals surface area contributed by atoms with Crippen LogP contribution in [-0.2, 0) is 29.3 Å². The summed E-state index contributed by atoms with van der Waals surface area (Å²) in [5.74, 6) is -0.232. The zero-order valence-corrected chi connectivity index (χ0v) is 25.7. The smallest absolute Gasteiger partial charge is 0.390 e. The van der Waals surface area contributed by atoms with Gasteiger partial charge in [-0.3, -0.25) is 4.79 Å². The van der Waals surface area contributed by atoms with Crippen molar-refractivity contribution in [3.05, 3.63) is 100 Å². The highest BCUT2D eigenvalue weighted by molar-refractivity contribution is 7.89. The average Bonchev–Trinajstić information content (AvgIpc) is 3.00. The lowest BCUT2D eigenvalue weighted by Crippen LogP contribution is -2.48. The second kappa shape index (κ2) is 15.4. The molecular weight excluding hydrogens is 615 g/mol. The van der Waals surface area contributed by atoms with Gasteiger partial charge in [0.05, 0.1) is 22.6 Å². The molecule has 1 aliphatic rings. The van der Waals surface area contributed by atoms with Crippen LogP contribution in [-0.4, -0.2) is 38.1 Å². The molecule has 1 fully saturated rings. The third-order valence-corrected chi connectivity index (χ3v) is 9.43. The predicted molar refractivity (Wildman–Crippen MR) is 164 cm³/mol. The van der Waals surface area contributed by atoms with Gasteiger partial charge in [0.15, 0.2) is 0 Å². The molecule has 0 aliphatic heterocycles. The van der Waals surface area contributed by atoms with Crippen molar-refractivity contribution in [2.24, 2.45) is 5.92 Å². The van der Waals surface area contributed by atoms with Crippen LogP contribution in [0.25, 0.3) is 0 Å². The monoisotopic (exact) mass is 651 g/mol. The van der Waals surface area contributed by atoms with E-state index in [0.29, 0.717) is 28.5 Å². The molecule has 0 radical (unpaired) electrons. The molecule has 7 nitrogen and oxygen atoms in total. The van der Waals surface area contributed by atoms with Gasteiger partial charge in [-0.15, -0.1) is 0 Å². The topological polar surface area (TPSA) is 108 Å². The summed E-state index contributed by atoms with van der Waals surface area (Å²) < 4.78 is 67.7. The van der Waals surface area contributed by atoms with Gasteiger partial charge >= 0.3 is 6.18 Å². The Kier molecular flexibility index (Phi) is 11.8. The number of sulfonamides is 1. The minimum atomic E-state index is -4.45. The van der Waals surface area contributed by atoms with E-state index < -0.39 is 39.8 Å². The van der Waals surface area contributed by atoms with Crippen molar-refractivity contribution >= 4 is 27.5 Å². The lowest BCUT2D eigenvalue weighted by atomic mass is 9.83. The van der Waals surface area contributed by atoms with Crippen LogP contribution in [0.4, 0.5) is 13.2 Å². The fraction of sp³-hybridized carbons (Fsp3) is 0.406. The molecule has 0 saturated heterocycles. The molecule has 0 aromatic heterocycles. The number of benzene rings is 3. The van der Waals surface area contributed by atoms with Crippen LogP contribution in [0.1, 0.15) is 65.6 Å². The van der Waals surface area contributed by atoms with Crippen molar-refractivity contribution in [3.8, 4) is 0 Å². The van der Waals surface area contributed by atoms with Crippen LogP contribution in [0.2, 0.25) is 5.02 Å². The first-order valence-electron chi connectivity index (χ1n) is 14.6. The Labute approximate surface area is 261 Å². The van der Waals surface area contributed by atoms with Crippen LogP contribution < -0.4 is 15.4 Å². The van der Waals surface area contributed by atoms with Crippen molar-refractivity contribution < 1.29 is 31.5 Å². The first-order chi connectivity index (χ1) is 20.9. The molecule has 0 bridgehead atoms. The highest BCUT2D eigenvalue weighted by Crippen LogP contribution is 2.30. The predicted octanol–water partition coefficient (Wildman–Crippen LogP) is 6.06. The molecule has 4 N–H and O–H groups in total. The van der Waals surface area contributed by atoms with Crippen LogP contribution in [0.3, 0.4) is 0 Å². The molecule has 2 atom stereocenters. The van der Waals surface area contributed by atoms with Gasteiger partial charge in [0.2, 0.25) is 10.0 Å². The van der Waals surface area contributed by atoms with Crippen LogP contribution >= 0.6 is 11.6 Å². The number of halogens is 4. The zero-order valence-electron chi connectivity index (χ0n) is 24.1. The summed E-state index contributed by atoms with van der Waals surface area (Å²) in [7, 11) is -3.95. The average molecular weight is 652 g/mol. The summed E-state index contributed by atoms with van der Waals surface area (Å²) in [5, 5.41) is 17.5. The molecule has 4 rings (SSSR count). The molecule has 0 heterocycles. The van der Waals surface area contributed by atoms with Crippen LogP contribution in [0, 0.1) is 5.92 Å². The fourth-order valence-corrected chi connectivity index (χ4v) is 6.70. The second-order valence-electron chi connectivity index (χ2n) is 11.2. The van der Waals surface area contributed by atoms with E-state index in [9.17, 15) is 31.5 Å². The highest BCUT2D eigenvalue weighted by atomic mass is 35.5. The Morgan fingerprint density at radius 1 is 0.932 bits per heavy atom. The summed E-state index contributed by atoms with van der Waals surface area (Å²) in [4.78, 5) is 13.3. The Morgan fingerprint density at radius 3 is 2.32 bits per heavy atom. The summed E-state index contributed by atoms with van der Waals surface area (Å²) in [6, 6.07) is 16.8. The van der Waals surface area contributed by atoms with Gasteiger partial charge in [0, 0.05) is 30.2 Å². The molecule has 1 amide bonds. The van der Waals surface area contributed by atoms with Crippen LogP contribution in [0.15, 0.2) is 77.7 Å². The standard InChI is InChI=1S/C32H37ClF3N3O4S/c33-27-13-5-10-24(16-27)20-38-44(42,43)28-14-6-11-25(18-28)31(41)39-29(17-22-7-2-1-3-8-22)30(40)21-37-19-23-9-4-12-26(15-23)32(34,35)36/h4-6,9-16,18,22,29-30,37-38,40H,1-3,7-8,17,19-21H2,(H,39,41)/t29-,30+/m0/s1. The number of aliphatic hydroxyl groups excluding tert-OH is 1. The summed E-state index contributed by atoms with van der Waals surface area (Å²) in [6.45, 7) is 0.158. The second-order valence-corrected chi connectivity index (χ2v) is 13.4. The van der Waals surface area contributed by atoms with E-state index in [1.54, 1.807) is 30.3 Å². The maximum Gasteiger partial charge on any atom is 0.416 e. The van der Waals surface area contributed by atoms with E-state index in [1.807, 2.05) is 0 Å². The molecular formula is C32H37ClF3N3O4S. The van der Waals surface area contributed by atoms with Crippen molar-refractivity contribution in [1.29, 1.82) is 0 Å². The van der Waals surface area contributed by atoms with E-state index >= 15 is 0 Å². The van der Waals surface area contributed by atoms with Crippen molar-refractivity contribution in [2.75, 3.05) is 6.54 Å². The van der Waals surface area contributed by atoms with Gasteiger partial charge in [-0.05, 0) is 59.9 Å². The third kappa shape index (κ3) is 10.0. The van der Waals surface area contributed by atoms with Crippen molar-refractivity contribution in [1.82, 2.24) is 15.4 Å². The number of carbonyl (C=O) groups excluding carboxylic acids is 1. The zero-order chi connectivity index (χ0) is 31.7. The molecule has 3 aromatic carbocycles. The number of nitrogens with one attached hydrogen (secondary N) is 3. The molecule has 0 spiro atoms. The Hall–Kier alpha value is -2.96. The Bertz CT molecular complexity index is 1510. The van der Waals surface area contributed by atoms with E-state index in [2.05, 4.69) is 15.4 Å². The summed E-state index contributed by atoms with van der Waals surface area (Å²) in [6.07, 6.45) is 0.268. The van der Waals surface area contributed by atoms with E-state index in [0.717, 1.165) is 44.2 Å². The van der Waals surface area contributed by atoms with Crippen molar-refractivity contribution in [2.45, 2.75) is 74.8 Å². The molecule has 3 aromatic rings. The number of hydrogen-bond acceptors (Lipinski definition) is 5. The number of alkyl halides is 3. The first-order valence-corrected chi connectivity index (χ1v) is 16.5. The molecule has 12 heteroatoms. The van der Waals surface area contributed by atoms with Crippen molar-refractivity contribution in [3.63, 3.8) is 0 Å². The van der Waals surface area contributed by atoms with Gasteiger partial charge in [-0.25, -0.2) is 13.1 Å². The Balaban J connectivity index is 1.42. The summed E-state index contributed by atoms with van der Waals surface area (Å²) >= 11 is 5.99. The Morgan fingerprint density at radius 2 is 1.61 bits per heavy atom. The van der Waals surface area contributed by atoms with E-state index in [4.69, 9.17) is 11.6 Å². The number of carbonyl (C=O) groups is 1. The maximum atomic E-state index is 13.3. The first kappa shape index (κ1) is 33.9. The molecule has 44 heavy (non-hydrogen) atoms. The lowest BCUT2D eigenvalue weighted by molar-refractivity contribution is -0.137. The molecule has 1 saturated carbocycles. The molecule has 1 aliphatic carbocycles. The summed E-state index contributed by atoms with van der Waals surface area (Å²) in [5.41, 5.74) is 0.468. The number of aliphatic hydroxyl groups is 1. The highest BCUT2D eigenvalue weighted by Gasteiger charge is 2.30. The lowest BCUT2D eigenvalue weighted by Gasteiger charge is -2.30. The van der Waals surface area contributed by atoms with Gasteiger partial charge in [0.1, 0.15) is 0 Å². The van der Waals surface area contributed by atoms with Gasteiger partial charge < -0.3 is 15.7 Å². The molecule has 238 valence electrons. The SMILES string of the molecule is O=C(N[C@@H](CC1CCCCC1)[C@H](O)CNCc1cccc(C(F)(F)F)c1)c1cccc(S(=O)(=O)NCc2cccc(Cl)c2)c1. The quantitative estimate of drug-likeness (QED) is 0.180. The van der Waals surface area contributed by atoms with E-state index in [1.165, 1.54) is 30.3 Å². The van der Waals surface area contributed by atoms with Gasteiger partial charge in [-0.2, -0.15) is 13.2 Å². The minimum absolute atomic E-state index is 0.0163.